The minimum atomic E-state index is -0.677. The Labute approximate surface area is 156 Å². The molecule has 7 heteroatoms. The Kier molecular flexibility index (Phi) is 6.97. The number of urea groups is 1. The minimum Gasteiger partial charge on any atom is -0.469 e. The first-order valence-corrected chi connectivity index (χ1v) is 8.43. The summed E-state index contributed by atoms with van der Waals surface area (Å²) in [6.07, 6.45) is -0.0816. The highest BCUT2D eigenvalue weighted by Gasteiger charge is 2.22. The Morgan fingerprint density at radius 1 is 1.08 bits per heavy atom. The van der Waals surface area contributed by atoms with Crippen LogP contribution in [0.25, 0.3) is 0 Å². The van der Waals surface area contributed by atoms with Crippen LogP contribution in [0.1, 0.15) is 36.6 Å². The van der Waals surface area contributed by atoms with E-state index < -0.39 is 29.9 Å². The Morgan fingerprint density at radius 3 is 2.31 bits per heavy atom. The lowest BCUT2D eigenvalue weighted by molar-refractivity contribution is -0.141. The highest BCUT2D eigenvalue weighted by atomic mass is 35.5. The van der Waals surface area contributed by atoms with Crippen molar-refractivity contribution in [3.63, 3.8) is 0 Å². The van der Waals surface area contributed by atoms with Gasteiger partial charge in [0, 0.05) is 10.6 Å². The summed E-state index contributed by atoms with van der Waals surface area (Å²) in [6.45, 7) is 1.67. The van der Waals surface area contributed by atoms with Crippen molar-refractivity contribution >= 4 is 23.6 Å². The lowest BCUT2D eigenvalue weighted by Gasteiger charge is -2.22. The zero-order valence-corrected chi connectivity index (χ0v) is 15.2. The lowest BCUT2D eigenvalue weighted by atomic mass is 10.0. The molecule has 2 N–H and O–H groups in total. The Bertz CT molecular complexity index is 785. The van der Waals surface area contributed by atoms with E-state index in [1.54, 1.807) is 49.4 Å². The maximum atomic E-state index is 13.8. The molecule has 2 aromatic rings. The highest BCUT2D eigenvalue weighted by Crippen LogP contribution is 2.25. The number of hydrogen-bond donors (Lipinski definition) is 2. The summed E-state index contributed by atoms with van der Waals surface area (Å²) >= 11 is 6.18. The van der Waals surface area contributed by atoms with Crippen molar-refractivity contribution in [2.75, 3.05) is 7.11 Å². The molecule has 0 bridgehead atoms. The molecule has 26 heavy (non-hydrogen) atoms. The summed E-state index contributed by atoms with van der Waals surface area (Å²) in [5, 5.41) is 5.78. The summed E-state index contributed by atoms with van der Waals surface area (Å²) in [5.74, 6) is -0.894. The molecule has 0 saturated heterocycles. The van der Waals surface area contributed by atoms with Gasteiger partial charge in [-0.25, -0.2) is 9.18 Å². The molecule has 0 heterocycles. The first-order chi connectivity index (χ1) is 12.4. The average molecular weight is 379 g/mol. The van der Waals surface area contributed by atoms with Crippen molar-refractivity contribution in [2.45, 2.75) is 25.4 Å². The van der Waals surface area contributed by atoms with Gasteiger partial charge in [-0.2, -0.15) is 0 Å². The zero-order valence-electron chi connectivity index (χ0n) is 14.5. The fourth-order valence-electron chi connectivity index (χ4n) is 2.55. The maximum absolute atomic E-state index is 13.8. The Morgan fingerprint density at radius 2 is 1.69 bits per heavy atom. The standard InChI is InChI=1S/C19H20ClFN2O3/c1-12(13-7-4-6-10-16(13)21)22-19(25)23-17(11-18(24)26-2)14-8-3-5-9-15(14)20/h3-10,12,17H,11H2,1-2H3,(H2,22,23,25)/t12-,17+/m0/s1. The molecular weight excluding hydrogens is 359 g/mol. The van der Waals surface area contributed by atoms with Gasteiger partial charge >= 0.3 is 12.0 Å². The summed E-state index contributed by atoms with van der Waals surface area (Å²) in [5.41, 5.74) is 0.957. The van der Waals surface area contributed by atoms with Crippen LogP contribution in [0.15, 0.2) is 48.5 Å². The molecule has 0 aliphatic heterocycles. The average Bonchev–Trinajstić information content (AvgIpc) is 2.61. The van der Waals surface area contributed by atoms with Crippen LogP contribution in [0.5, 0.6) is 0 Å². The van der Waals surface area contributed by atoms with Crippen molar-refractivity contribution in [3.05, 3.63) is 70.5 Å². The zero-order chi connectivity index (χ0) is 19.1. The van der Waals surface area contributed by atoms with Gasteiger partial charge in [0.25, 0.3) is 0 Å². The third kappa shape index (κ3) is 5.20. The van der Waals surface area contributed by atoms with Gasteiger partial charge in [0.2, 0.25) is 0 Å². The van der Waals surface area contributed by atoms with E-state index in [9.17, 15) is 14.0 Å². The van der Waals surface area contributed by atoms with Crippen LogP contribution in [0.4, 0.5) is 9.18 Å². The van der Waals surface area contributed by atoms with Crippen LogP contribution < -0.4 is 10.6 Å². The van der Waals surface area contributed by atoms with Gasteiger partial charge in [0.1, 0.15) is 5.82 Å². The van der Waals surface area contributed by atoms with E-state index in [1.807, 2.05) is 0 Å². The van der Waals surface area contributed by atoms with Crippen molar-refractivity contribution in [1.29, 1.82) is 0 Å². The summed E-state index contributed by atoms with van der Waals surface area (Å²) in [7, 11) is 1.27. The van der Waals surface area contributed by atoms with E-state index in [2.05, 4.69) is 15.4 Å². The third-order valence-electron chi connectivity index (χ3n) is 3.90. The molecule has 0 spiro atoms. The monoisotopic (exact) mass is 378 g/mol. The number of halogens is 2. The van der Waals surface area contributed by atoms with E-state index in [4.69, 9.17) is 11.6 Å². The fraction of sp³-hybridized carbons (Fsp3) is 0.263. The molecule has 138 valence electrons. The first-order valence-electron chi connectivity index (χ1n) is 8.05. The number of amides is 2. The largest absolute Gasteiger partial charge is 0.469 e. The van der Waals surface area contributed by atoms with E-state index >= 15 is 0 Å². The van der Waals surface area contributed by atoms with Crippen LogP contribution in [-0.2, 0) is 9.53 Å². The van der Waals surface area contributed by atoms with Crippen LogP contribution in [0.2, 0.25) is 5.02 Å². The summed E-state index contributed by atoms with van der Waals surface area (Å²) < 4.78 is 18.5. The molecule has 2 amide bonds. The van der Waals surface area contributed by atoms with Crippen molar-refractivity contribution < 1.29 is 18.7 Å². The number of methoxy groups -OCH3 is 1. The maximum Gasteiger partial charge on any atom is 0.315 e. The number of benzene rings is 2. The van der Waals surface area contributed by atoms with Crippen molar-refractivity contribution in [2.24, 2.45) is 0 Å². The van der Waals surface area contributed by atoms with Crippen LogP contribution >= 0.6 is 11.6 Å². The second-order valence-corrected chi connectivity index (χ2v) is 6.12. The molecule has 2 aromatic carbocycles. The lowest BCUT2D eigenvalue weighted by Crippen LogP contribution is -2.40. The minimum absolute atomic E-state index is 0.0816. The molecule has 0 aliphatic carbocycles. The SMILES string of the molecule is COC(=O)C[C@@H](NC(=O)N[C@@H](C)c1ccccc1F)c1ccccc1Cl. The number of carbonyl (C=O) groups excluding carboxylic acids is 2. The van der Waals surface area contributed by atoms with Crippen LogP contribution in [0.3, 0.4) is 0 Å². The van der Waals surface area contributed by atoms with Gasteiger partial charge in [-0.15, -0.1) is 0 Å². The molecule has 5 nitrogen and oxygen atoms in total. The third-order valence-corrected chi connectivity index (χ3v) is 4.25. The van der Waals surface area contributed by atoms with Gasteiger partial charge in [-0.05, 0) is 24.6 Å². The molecule has 2 rings (SSSR count). The normalized spacial score (nSPS) is 12.8. The smallest absolute Gasteiger partial charge is 0.315 e. The predicted molar refractivity (Wildman–Crippen MR) is 97.3 cm³/mol. The van der Waals surface area contributed by atoms with Crippen LogP contribution in [-0.4, -0.2) is 19.1 Å². The fourth-order valence-corrected chi connectivity index (χ4v) is 2.81. The van der Waals surface area contributed by atoms with E-state index in [1.165, 1.54) is 13.2 Å². The van der Waals surface area contributed by atoms with Gasteiger partial charge in [-0.1, -0.05) is 48.0 Å². The molecule has 0 saturated carbocycles. The molecule has 2 atom stereocenters. The number of nitrogens with one attached hydrogen (secondary N) is 2. The van der Waals surface area contributed by atoms with E-state index in [-0.39, 0.29) is 6.42 Å². The molecule has 0 radical (unpaired) electrons. The number of rotatable bonds is 6. The number of esters is 1. The van der Waals surface area contributed by atoms with Gasteiger partial charge in [0.05, 0.1) is 25.6 Å². The summed E-state index contributed by atoms with van der Waals surface area (Å²) in [6, 6.07) is 11.3. The van der Waals surface area contributed by atoms with E-state index in [0.717, 1.165) is 0 Å². The molecule has 0 fully saturated rings. The number of carbonyl (C=O) groups is 2. The first kappa shape index (κ1) is 19.7. The molecule has 0 unspecified atom stereocenters. The van der Waals surface area contributed by atoms with Gasteiger partial charge < -0.3 is 15.4 Å². The predicted octanol–water partition coefficient (Wildman–Crippen LogP) is 4.14. The molecular formula is C19H20ClFN2O3. The highest BCUT2D eigenvalue weighted by molar-refractivity contribution is 6.31. The van der Waals surface area contributed by atoms with Gasteiger partial charge in [0.15, 0.2) is 0 Å². The second-order valence-electron chi connectivity index (χ2n) is 5.72. The van der Waals surface area contributed by atoms with Crippen molar-refractivity contribution in [3.8, 4) is 0 Å². The quantitative estimate of drug-likeness (QED) is 0.742. The van der Waals surface area contributed by atoms with E-state index in [0.29, 0.717) is 16.1 Å². The second kappa shape index (κ2) is 9.20. The molecule has 0 aliphatic rings. The Hall–Kier alpha value is -2.60. The Balaban J connectivity index is 2.12. The van der Waals surface area contributed by atoms with Crippen molar-refractivity contribution in [1.82, 2.24) is 10.6 Å². The van der Waals surface area contributed by atoms with Crippen LogP contribution in [0, 0.1) is 5.82 Å². The summed E-state index contributed by atoms with van der Waals surface area (Å²) in [4.78, 5) is 24.1. The molecule has 0 aromatic heterocycles. The topological polar surface area (TPSA) is 67.4 Å². The number of hydrogen-bond acceptors (Lipinski definition) is 3. The van der Waals surface area contributed by atoms with Gasteiger partial charge in [-0.3, -0.25) is 4.79 Å². The number of ether oxygens (including phenoxy) is 1.